The first-order valence-corrected chi connectivity index (χ1v) is 10.6. The topological polar surface area (TPSA) is 88.2 Å². The molecule has 0 bridgehead atoms. The number of ether oxygens (including phenoxy) is 2. The zero-order valence-electron chi connectivity index (χ0n) is 16.7. The molecule has 1 aliphatic rings. The molecule has 1 amide bonds. The van der Waals surface area contributed by atoms with Gasteiger partial charge >= 0.3 is 0 Å². The number of carbonyl (C=O) groups is 1. The molecule has 0 saturated carbocycles. The van der Waals surface area contributed by atoms with Crippen LogP contribution in [0.3, 0.4) is 0 Å². The number of rotatable bonds is 6. The molecule has 9 heteroatoms. The van der Waals surface area contributed by atoms with Crippen LogP contribution < -0.4 is 14.8 Å². The highest BCUT2D eigenvalue weighted by Crippen LogP contribution is 2.24. The van der Waals surface area contributed by atoms with Crippen LogP contribution in [-0.4, -0.2) is 71.0 Å². The first-order chi connectivity index (χ1) is 13.8. The molecule has 0 unspecified atom stereocenters. The molecule has 1 fully saturated rings. The van der Waals surface area contributed by atoms with Gasteiger partial charge < -0.3 is 19.7 Å². The molecular formula is C20H25N3O5S. The van der Waals surface area contributed by atoms with Crippen molar-refractivity contribution in [3.8, 4) is 11.5 Å². The SMILES string of the molecule is COc1cc(OC)cc(C(=O)Nc2ccc(S(=O)(=O)N3CCN(C)CC3)cc2)c1. The van der Waals surface area contributed by atoms with E-state index in [1.807, 2.05) is 7.05 Å². The maximum Gasteiger partial charge on any atom is 0.255 e. The molecule has 29 heavy (non-hydrogen) atoms. The minimum atomic E-state index is -3.54. The Kier molecular flexibility index (Phi) is 6.41. The van der Waals surface area contributed by atoms with Crippen LogP contribution in [0.15, 0.2) is 47.4 Å². The van der Waals surface area contributed by atoms with Crippen LogP contribution >= 0.6 is 0 Å². The molecule has 156 valence electrons. The number of hydrogen-bond acceptors (Lipinski definition) is 6. The van der Waals surface area contributed by atoms with Crippen LogP contribution in [0.4, 0.5) is 5.69 Å². The van der Waals surface area contributed by atoms with Crippen LogP contribution in [0.2, 0.25) is 0 Å². The summed E-state index contributed by atoms with van der Waals surface area (Å²) in [6, 6.07) is 11.1. The average molecular weight is 420 g/mol. The van der Waals surface area contributed by atoms with E-state index >= 15 is 0 Å². The number of carbonyl (C=O) groups excluding carboxylic acids is 1. The molecule has 1 aliphatic heterocycles. The average Bonchev–Trinajstić information content (AvgIpc) is 2.74. The second kappa shape index (κ2) is 8.81. The largest absolute Gasteiger partial charge is 0.497 e. The van der Waals surface area contributed by atoms with Gasteiger partial charge in [0.2, 0.25) is 10.0 Å². The summed E-state index contributed by atoms with van der Waals surface area (Å²) in [5.41, 5.74) is 0.865. The van der Waals surface area contributed by atoms with Gasteiger partial charge in [-0.2, -0.15) is 4.31 Å². The fourth-order valence-corrected chi connectivity index (χ4v) is 4.45. The summed E-state index contributed by atoms with van der Waals surface area (Å²) in [5, 5.41) is 2.76. The van der Waals surface area contributed by atoms with Gasteiger partial charge in [0.1, 0.15) is 11.5 Å². The number of anilines is 1. The number of amides is 1. The molecule has 1 saturated heterocycles. The Hall–Kier alpha value is -2.62. The Morgan fingerprint density at radius 2 is 1.48 bits per heavy atom. The van der Waals surface area contributed by atoms with Gasteiger partial charge in [0.05, 0.1) is 19.1 Å². The summed E-state index contributed by atoms with van der Waals surface area (Å²) >= 11 is 0. The highest BCUT2D eigenvalue weighted by molar-refractivity contribution is 7.89. The normalized spacial score (nSPS) is 15.7. The van der Waals surface area contributed by atoms with Gasteiger partial charge in [-0.1, -0.05) is 0 Å². The van der Waals surface area contributed by atoms with E-state index in [4.69, 9.17) is 9.47 Å². The molecule has 1 heterocycles. The number of hydrogen-bond donors (Lipinski definition) is 1. The van der Waals surface area contributed by atoms with Gasteiger partial charge in [-0.3, -0.25) is 4.79 Å². The fraction of sp³-hybridized carbons (Fsp3) is 0.350. The number of nitrogens with zero attached hydrogens (tertiary/aromatic N) is 2. The quantitative estimate of drug-likeness (QED) is 0.769. The Balaban J connectivity index is 1.73. The Morgan fingerprint density at radius 3 is 2.00 bits per heavy atom. The van der Waals surface area contributed by atoms with Crippen LogP contribution in [-0.2, 0) is 10.0 Å². The summed E-state index contributed by atoms with van der Waals surface area (Å²) in [6.07, 6.45) is 0. The monoisotopic (exact) mass is 419 g/mol. The van der Waals surface area contributed by atoms with Crippen molar-refractivity contribution in [2.24, 2.45) is 0 Å². The van der Waals surface area contributed by atoms with E-state index in [0.29, 0.717) is 48.9 Å². The third-order valence-electron chi connectivity index (χ3n) is 4.83. The van der Waals surface area contributed by atoms with Gasteiger partial charge in [0, 0.05) is 43.5 Å². The van der Waals surface area contributed by atoms with Crippen LogP contribution in [0.25, 0.3) is 0 Å². The lowest BCUT2D eigenvalue weighted by Gasteiger charge is -2.31. The zero-order chi connectivity index (χ0) is 21.0. The standard InChI is InChI=1S/C20H25N3O5S/c1-22-8-10-23(11-9-22)29(25,26)19-6-4-16(5-7-19)21-20(24)15-12-17(27-2)14-18(13-15)28-3/h4-7,12-14H,8-11H2,1-3H3,(H,21,24). The number of likely N-dealkylation sites (N-methyl/N-ethyl adjacent to an activating group) is 1. The zero-order valence-corrected chi connectivity index (χ0v) is 17.5. The predicted octanol–water partition coefficient (Wildman–Crippen LogP) is 1.89. The number of benzene rings is 2. The number of sulfonamides is 1. The predicted molar refractivity (Wildman–Crippen MR) is 110 cm³/mol. The van der Waals surface area contributed by atoms with Crippen LogP contribution in [0.5, 0.6) is 11.5 Å². The maximum atomic E-state index is 12.8. The van der Waals surface area contributed by atoms with E-state index < -0.39 is 10.0 Å². The minimum absolute atomic E-state index is 0.211. The molecule has 0 radical (unpaired) electrons. The molecule has 3 rings (SSSR count). The highest BCUT2D eigenvalue weighted by Gasteiger charge is 2.27. The summed E-state index contributed by atoms with van der Waals surface area (Å²) < 4.78 is 37.4. The Labute approximate surface area is 171 Å². The summed E-state index contributed by atoms with van der Waals surface area (Å²) in [7, 11) is 1.45. The number of piperazine rings is 1. The lowest BCUT2D eigenvalue weighted by Crippen LogP contribution is -2.46. The van der Waals surface area contributed by atoms with Crippen molar-refractivity contribution in [1.82, 2.24) is 9.21 Å². The molecule has 2 aromatic rings. The van der Waals surface area contributed by atoms with Crippen LogP contribution in [0, 0.1) is 0 Å². The van der Waals surface area contributed by atoms with E-state index in [2.05, 4.69) is 10.2 Å². The number of nitrogens with one attached hydrogen (secondary N) is 1. The second-order valence-electron chi connectivity index (χ2n) is 6.79. The Morgan fingerprint density at radius 1 is 0.931 bits per heavy atom. The lowest BCUT2D eigenvalue weighted by atomic mass is 10.2. The van der Waals surface area contributed by atoms with Gasteiger partial charge in [-0.15, -0.1) is 0 Å². The van der Waals surface area contributed by atoms with Gasteiger partial charge in [0.25, 0.3) is 5.91 Å². The lowest BCUT2D eigenvalue weighted by molar-refractivity contribution is 0.102. The fourth-order valence-electron chi connectivity index (χ4n) is 3.03. The molecule has 2 aromatic carbocycles. The molecule has 0 atom stereocenters. The summed E-state index contributed by atoms with van der Waals surface area (Å²) in [5.74, 6) is 0.656. The second-order valence-corrected chi connectivity index (χ2v) is 8.73. The highest BCUT2D eigenvalue weighted by atomic mass is 32.2. The molecule has 0 aliphatic carbocycles. The molecular weight excluding hydrogens is 394 g/mol. The number of methoxy groups -OCH3 is 2. The van der Waals surface area contributed by atoms with Crippen LogP contribution in [0.1, 0.15) is 10.4 Å². The molecule has 1 N–H and O–H groups in total. The van der Waals surface area contributed by atoms with Crippen molar-refractivity contribution < 1.29 is 22.7 Å². The van der Waals surface area contributed by atoms with Crippen molar-refractivity contribution in [3.63, 3.8) is 0 Å². The third-order valence-corrected chi connectivity index (χ3v) is 6.74. The van der Waals surface area contributed by atoms with Gasteiger partial charge in [0.15, 0.2) is 0 Å². The van der Waals surface area contributed by atoms with Gasteiger partial charge in [-0.25, -0.2) is 8.42 Å². The van der Waals surface area contributed by atoms with Gasteiger partial charge in [-0.05, 0) is 43.4 Å². The third kappa shape index (κ3) is 4.87. The smallest absolute Gasteiger partial charge is 0.255 e. The van der Waals surface area contributed by atoms with Crippen molar-refractivity contribution >= 4 is 21.6 Å². The minimum Gasteiger partial charge on any atom is -0.497 e. The maximum absolute atomic E-state index is 12.8. The van der Waals surface area contributed by atoms with Crippen molar-refractivity contribution in [3.05, 3.63) is 48.0 Å². The van der Waals surface area contributed by atoms with E-state index in [9.17, 15) is 13.2 Å². The van der Waals surface area contributed by atoms with E-state index in [-0.39, 0.29) is 10.8 Å². The molecule has 8 nitrogen and oxygen atoms in total. The Bertz CT molecular complexity index is 946. The summed E-state index contributed by atoms with van der Waals surface area (Å²) in [4.78, 5) is 14.9. The van der Waals surface area contributed by atoms with Crippen molar-refractivity contribution in [1.29, 1.82) is 0 Å². The molecule has 0 aromatic heterocycles. The first kappa shape index (κ1) is 21.1. The van der Waals surface area contributed by atoms with E-state index in [1.165, 1.54) is 30.7 Å². The van der Waals surface area contributed by atoms with E-state index in [1.54, 1.807) is 30.3 Å². The van der Waals surface area contributed by atoms with E-state index in [0.717, 1.165) is 0 Å². The van der Waals surface area contributed by atoms with Crippen molar-refractivity contribution in [2.75, 3.05) is 52.8 Å². The summed E-state index contributed by atoms with van der Waals surface area (Å²) in [6.45, 7) is 2.35. The molecule has 0 spiro atoms. The first-order valence-electron chi connectivity index (χ1n) is 9.16. The van der Waals surface area contributed by atoms with Crippen molar-refractivity contribution in [2.45, 2.75) is 4.90 Å².